The van der Waals surface area contributed by atoms with Gasteiger partial charge in [-0.3, -0.25) is 0 Å². The Kier molecular flexibility index (Phi) is 6.49. The Morgan fingerprint density at radius 1 is 1.21 bits per heavy atom. The number of benzene rings is 1. The van der Waals surface area contributed by atoms with Crippen molar-refractivity contribution in [2.24, 2.45) is 0 Å². The van der Waals surface area contributed by atoms with Crippen molar-refractivity contribution in [3.8, 4) is 5.75 Å². The van der Waals surface area contributed by atoms with Gasteiger partial charge in [0, 0.05) is 12.7 Å². The molecule has 2 saturated heterocycles. The molecule has 38 heavy (non-hydrogen) atoms. The Balaban J connectivity index is 1.31. The van der Waals surface area contributed by atoms with E-state index in [0.29, 0.717) is 23.8 Å². The summed E-state index contributed by atoms with van der Waals surface area (Å²) in [5, 5.41) is 3.51. The third-order valence-electron chi connectivity index (χ3n) is 6.59. The number of aromatic nitrogens is 3. The highest BCUT2D eigenvalue weighted by Crippen LogP contribution is 2.50. The van der Waals surface area contributed by atoms with E-state index in [2.05, 4.69) is 15.3 Å². The van der Waals surface area contributed by atoms with Crippen molar-refractivity contribution in [3.05, 3.63) is 48.4 Å². The number of nitrogens with two attached hydrogens (primary N) is 1. The molecule has 3 aromatic rings. The lowest BCUT2D eigenvalue weighted by Crippen LogP contribution is -2.46. The fourth-order valence-electron chi connectivity index (χ4n) is 5.02. The molecule has 5 rings (SSSR count). The Bertz CT molecular complexity index is 1330. The predicted octanol–water partition coefficient (Wildman–Crippen LogP) is 3.92. The van der Waals surface area contributed by atoms with Crippen LogP contribution in [-0.4, -0.2) is 56.4 Å². The SMILES string of the molecule is CC(C)(C)OC(=O)NCc1cccc(OC[C@H]2O[C@@H](n3ccc4c(N)ncnc43)[C@@H]3OC(C)(C)O[C@]23C)c1. The smallest absolute Gasteiger partial charge is 0.407 e. The van der Waals surface area contributed by atoms with Crippen LogP contribution in [0.5, 0.6) is 5.75 Å². The van der Waals surface area contributed by atoms with E-state index in [9.17, 15) is 4.79 Å². The van der Waals surface area contributed by atoms with E-state index in [4.69, 9.17) is 29.4 Å². The fraction of sp³-hybridized carbons (Fsp3) is 0.519. The Morgan fingerprint density at radius 2 is 2.00 bits per heavy atom. The molecule has 2 fully saturated rings. The number of rotatable bonds is 6. The van der Waals surface area contributed by atoms with E-state index in [0.717, 1.165) is 10.9 Å². The lowest BCUT2D eigenvalue weighted by atomic mass is 9.95. The minimum Gasteiger partial charge on any atom is -0.491 e. The first-order valence-corrected chi connectivity index (χ1v) is 12.6. The van der Waals surface area contributed by atoms with Gasteiger partial charge in [0.05, 0.1) is 5.39 Å². The third-order valence-corrected chi connectivity index (χ3v) is 6.59. The predicted molar refractivity (Wildman–Crippen MR) is 139 cm³/mol. The summed E-state index contributed by atoms with van der Waals surface area (Å²) in [5.41, 5.74) is 6.24. The summed E-state index contributed by atoms with van der Waals surface area (Å²) in [6.07, 6.45) is 1.47. The van der Waals surface area contributed by atoms with Crippen LogP contribution < -0.4 is 15.8 Å². The van der Waals surface area contributed by atoms with E-state index >= 15 is 0 Å². The molecule has 0 radical (unpaired) electrons. The molecule has 0 spiro atoms. The summed E-state index contributed by atoms with van der Waals surface area (Å²) in [7, 11) is 0. The molecule has 2 aliphatic rings. The lowest BCUT2D eigenvalue weighted by molar-refractivity contribution is -0.213. The molecule has 4 atom stereocenters. The highest BCUT2D eigenvalue weighted by molar-refractivity contribution is 5.86. The first-order valence-electron chi connectivity index (χ1n) is 12.6. The summed E-state index contributed by atoms with van der Waals surface area (Å²) in [6, 6.07) is 9.38. The second kappa shape index (κ2) is 9.40. The first kappa shape index (κ1) is 26.2. The number of ether oxygens (including phenoxy) is 5. The van der Waals surface area contributed by atoms with Gasteiger partial charge in [0.2, 0.25) is 0 Å². The van der Waals surface area contributed by atoms with E-state index in [1.165, 1.54) is 6.33 Å². The van der Waals surface area contributed by atoms with Crippen molar-refractivity contribution < 1.29 is 28.5 Å². The van der Waals surface area contributed by atoms with Gasteiger partial charge in [0.15, 0.2) is 12.0 Å². The number of fused-ring (bicyclic) bond motifs is 2. The first-order chi connectivity index (χ1) is 17.8. The molecule has 3 N–H and O–H groups in total. The van der Waals surface area contributed by atoms with Crippen LogP contribution in [0, 0.1) is 0 Å². The van der Waals surface area contributed by atoms with Crippen molar-refractivity contribution in [2.75, 3.05) is 12.3 Å². The van der Waals surface area contributed by atoms with E-state index in [1.54, 1.807) is 0 Å². The van der Waals surface area contributed by atoms with Crippen molar-refractivity contribution >= 4 is 22.9 Å². The largest absolute Gasteiger partial charge is 0.491 e. The van der Waals surface area contributed by atoms with Crippen molar-refractivity contribution in [1.29, 1.82) is 0 Å². The van der Waals surface area contributed by atoms with Gasteiger partial charge < -0.3 is 39.3 Å². The topological polar surface area (TPSA) is 132 Å². The number of amides is 1. The fourth-order valence-corrected chi connectivity index (χ4v) is 5.02. The molecule has 204 valence electrons. The maximum atomic E-state index is 12.0. The molecule has 2 aliphatic heterocycles. The average Bonchev–Trinajstić information content (AvgIpc) is 3.43. The molecule has 1 amide bonds. The van der Waals surface area contributed by atoms with Gasteiger partial charge in [-0.1, -0.05) is 12.1 Å². The summed E-state index contributed by atoms with van der Waals surface area (Å²) >= 11 is 0. The van der Waals surface area contributed by atoms with Crippen LogP contribution in [-0.2, 0) is 25.5 Å². The molecule has 11 heteroatoms. The zero-order valence-corrected chi connectivity index (χ0v) is 22.6. The van der Waals surface area contributed by atoms with Crippen molar-refractivity contribution in [3.63, 3.8) is 0 Å². The molecule has 0 saturated carbocycles. The normalized spacial score (nSPS) is 26.3. The summed E-state index contributed by atoms with van der Waals surface area (Å²) < 4.78 is 32.6. The maximum absolute atomic E-state index is 12.0. The summed E-state index contributed by atoms with van der Waals surface area (Å²) in [5.74, 6) is 0.245. The number of carbonyl (C=O) groups excluding carboxylic acids is 1. The number of nitrogens with zero attached hydrogens (tertiary/aromatic N) is 3. The monoisotopic (exact) mass is 525 g/mol. The van der Waals surface area contributed by atoms with E-state index < -0.39 is 41.5 Å². The van der Waals surface area contributed by atoms with Crippen LogP contribution in [0.25, 0.3) is 11.0 Å². The van der Waals surface area contributed by atoms with Crippen molar-refractivity contribution in [2.45, 2.75) is 83.5 Å². The molecule has 0 unspecified atom stereocenters. The highest BCUT2D eigenvalue weighted by atomic mass is 16.8. The zero-order valence-electron chi connectivity index (χ0n) is 22.6. The molecular formula is C27H35N5O6. The number of anilines is 1. The minimum absolute atomic E-state index is 0.224. The molecule has 2 aromatic heterocycles. The number of nitrogen functional groups attached to an aromatic ring is 1. The quantitative estimate of drug-likeness (QED) is 0.491. The van der Waals surface area contributed by atoms with Gasteiger partial charge >= 0.3 is 6.09 Å². The van der Waals surface area contributed by atoms with Crippen LogP contribution >= 0.6 is 0 Å². The van der Waals surface area contributed by atoms with Crippen LogP contribution in [0.1, 0.15) is 53.3 Å². The van der Waals surface area contributed by atoms with Gasteiger partial charge in [-0.25, -0.2) is 14.8 Å². The maximum Gasteiger partial charge on any atom is 0.407 e. The average molecular weight is 526 g/mol. The molecule has 1 aromatic carbocycles. The zero-order chi connectivity index (χ0) is 27.3. The number of carbonyl (C=O) groups is 1. The van der Waals surface area contributed by atoms with Gasteiger partial charge in [0.1, 0.15) is 53.6 Å². The second-order valence-corrected chi connectivity index (χ2v) is 11.3. The number of nitrogens with one attached hydrogen (secondary N) is 1. The molecule has 0 bridgehead atoms. The van der Waals surface area contributed by atoms with Gasteiger partial charge in [-0.15, -0.1) is 0 Å². The van der Waals surface area contributed by atoms with Crippen LogP contribution in [0.15, 0.2) is 42.9 Å². The summed E-state index contributed by atoms with van der Waals surface area (Å²) in [4.78, 5) is 20.5. The molecule has 11 nitrogen and oxygen atoms in total. The summed E-state index contributed by atoms with van der Waals surface area (Å²) in [6.45, 7) is 11.8. The number of hydrogen-bond acceptors (Lipinski definition) is 9. The number of hydrogen-bond donors (Lipinski definition) is 2. The van der Waals surface area contributed by atoms with Crippen LogP contribution in [0.2, 0.25) is 0 Å². The van der Waals surface area contributed by atoms with Gasteiger partial charge in [0.25, 0.3) is 0 Å². The van der Waals surface area contributed by atoms with Gasteiger partial charge in [-0.05, 0) is 65.3 Å². The van der Waals surface area contributed by atoms with Crippen LogP contribution in [0.4, 0.5) is 10.6 Å². The third kappa shape index (κ3) is 5.13. The second-order valence-electron chi connectivity index (χ2n) is 11.3. The van der Waals surface area contributed by atoms with Crippen molar-refractivity contribution in [1.82, 2.24) is 19.9 Å². The van der Waals surface area contributed by atoms with Gasteiger partial charge in [-0.2, -0.15) is 0 Å². The molecule has 4 heterocycles. The van der Waals surface area contributed by atoms with Crippen LogP contribution in [0.3, 0.4) is 0 Å². The lowest BCUT2D eigenvalue weighted by Gasteiger charge is -2.29. The molecular weight excluding hydrogens is 490 g/mol. The standard InChI is InChI=1S/C27H35N5O6/c1-25(2,3)37-24(33)29-13-16-8-7-9-17(12-16)34-14-19-27(6)20(36-26(4,5)38-27)23(35-19)32-11-10-18-21(28)30-15-31-22(18)32/h7-12,15,19-20,23H,13-14H2,1-6H3,(H,29,33)(H2,28,30,31)/t19-,20+,23-,27-/m1/s1. The minimum atomic E-state index is -0.802. The van der Waals surface area contributed by atoms with E-state index in [1.807, 2.05) is 82.6 Å². The Morgan fingerprint density at radius 3 is 2.76 bits per heavy atom. The van der Waals surface area contributed by atoms with E-state index in [-0.39, 0.29) is 6.61 Å². The molecule has 0 aliphatic carbocycles. The Labute approximate surface area is 221 Å². The highest BCUT2D eigenvalue weighted by Gasteiger charge is 2.64. The Hall–Kier alpha value is -3.41. The number of alkyl carbamates (subject to hydrolysis) is 1.